The molecular weight excluding hydrogens is 316 g/mol. The molecule has 0 saturated carbocycles. The van der Waals surface area contributed by atoms with Crippen molar-refractivity contribution in [3.8, 4) is 0 Å². The molecule has 6 heteroatoms. The van der Waals surface area contributed by atoms with Crippen LogP contribution in [0.1, 0.15) is 31.4 Å². The van der Waals surface area contributed by atoms with E-state index in [-0.39, 0.29) is 11.6 Å². The quantitative estimate of drug-likeness (QED) is 0.823. The summed E-state index contributed by atoms with van der Waals surface area (Å²) in [7, 11) is 0. The van der Waals surface area contributed by atoms with Crippen LogP contribution in [-0.4, -0.2) is 77.2 Å². The van der Waals surface area contributed by atoms with Gasteiger partial charge in [-0.05, 0) is 37.8 Å². The molecular formula is C19H28N4O2. The fourth-order valence-electron chi connectivity index (χ4n) is 4.30. The average Bonchev–Trinajstić information content (AvgIpc) is 3.18. The predicted octanol–water partition coefficient (Wildman–Crippen LogP) is 1.96. The standard InChI is InChI=1S/C19H28N4O2/c24-18(22-9-3-4-10-22)23-11-6-19(7-12-23)16-21(13-14-25-19)15-17-5-1-2-8-20-17/h1-2,5,8H,3-4,6-7,9-16H2. The molecule has 0 unspecified atom stereocenters. The van der Waals surface area contributed by atoms with Gasteiger partial charge in [0.1, 0.15) is 0 Å². The van der Waals surface area contributed by atoms with E-state index in [0.717, 1.165) is 83.8 Å². The van der Waals surface area contributed by atoms with Crippen molar-refractivity contribution in [2.75, 3.05) is 45.9 Å². The number of pyridine rings is 1. The summed E-state index contributed by atoms with van der Waals surface area (Å²) in [5.41, 5.74) is 1.02. The zero-order chi connectivity index (χ0) is 17.1. The van der Waals surface area contributed by atoms with Crippen molar-refractivity contribution in [1.82, 2.24) is 19.7 Å². The first kappa shape index (κ1) is 16.8. The first-order valence-electron chi connectivity index (χ1n) is 9.54. The molecule has 1 spiro atoms. The minimum atomic E-state index is -0.0885. The van der Waals surface area contributed by atoms with Crippen molar-refractivity contribution < 1.29 is 9.53 Å². The molecule has 0 aromatic carbocycles. The average molecular weight is 344 g/mol. The highest BCUT2D eigenvalue weighted by Gasteiger charge is 2.41. The third-order valence-electron chi connectivity index (χ3n) is 5.76. The van der Waals surface area contributed by atoms with Crippen molar-refractivity contribution in [3.63, 3.8) is 0 Å². The number of hydrogen-bond acceptors (Lipinski definition) is 4. The maximum Gasteiger partial charge on any atom is 0.320 e. The van der Waals surface area contributed by atoms with Gasteiger partial charge >= 0.3 is 6.03 Å². The molecule has 2 amide bonds. The Morgan fingerprint density at radius 1 is 1.08 bits per heavy atom. The van der Waals surface area contributed by atoms with Gasteiger partial charge in [-0.15, -0.1) is 0 Å². The number of morpholine rings is 1. The van der Waals surface area contributed by atoms with E-state index in [4.69, 9.17) is 4.74 Å². The van der Waals surface area contributed by atoms with Crippen LogP contribution in [0.5, 0.6) is 0 Å². The summed E-state index contributed by atoms with van der Waals surface area (Å²) in [5.74, 6) is 0. The minimum absolute atomic E-state index is 0.0885. The molecule has 0 bridgehead atoms. The Hall–Kier alpha value is -1.66. The van der Waals surface area contributed by atoms with Gasteiger partial charge in [0.05, 0.1) is 17.9 Å². The van der Waals surface area contributed by atoms with Gasteiger partial charge in [0, 0.05) is 52.0 Å². The number of piperidine rings is 1. The van der Waals surface area contributed by atoms with E-state index < -0.39 is 0 Å². The molecule has 136 valence electrons. The number of carbonyl (C=O) groups is 1. The molecule has 1 aromatic heterocycles. The Morgan fingerprint density at radius 3 is 2.56 bits per heavy atom. The number of amides is 2. The van der Waals surface area contributed by atoms with Gasteiger partial charge in [0.2, 0.25) is 0 Å². The predicted molar refractivity (Wildman–Crippen MR) is 95.2 cm³/mol. The van der Waals surface area contributed by atoms with Crippen LogP contribution in [0.4, 0.5) is 4.79 Å². The van der Waals surface area contributed by atoms with Gasteiger partial charge < -0.3 is 14.5 Å². The molecule has 3 saturated heterocycles. The third kappa shape index (κ3) is 3.80. The number of urea groups is 1. The second-order valence-electron chi connectivity index (χ2n) is 7.53. The SMILES string of the molecule is O=C(N1CCCC1)N1CCC2(CC1)CN(Cc1ccccn1)CCO2. The van der Waals surface area contributed by atoms with Crippen LogP contribution in [0.3, 0.4) is 0 Å². The smallest absolute Gasteiger partial charge is 0.320 e. The molecule has 3 aliphatic heterocycles. The van der Waals surface area contributed by atoms with Crippen molar-refractivity contribution >= 4 is 6.03 Å². The summed E-state index contributed by atoms with van der Waals surface area (Å²) >= 11 is 0. The van der Waals surface area contributed by atoms with Crippen molar-refractivity contribution in [1.29, 1.82) is 0 Å². The number of carbonyl (C=O) groups excluding carboxylic acids is 1. The summed E-state index contributed by atoms with van der Waals surface area (Å²) in [5, 5.41) is 0. The Morgan fingerprint density at radius 2 is 1.84 bits per heavy atom. The highest BCUT2D eigenvalue weighted by molar-refractivity contribution is 5.74. The van der Waals surface area contributed by atoms with Crippen LogP contribution in [0.15, 0.2) is 24.4 Å². The molecule has 6 nitrogen and oxygen atoms in total. The molecule has 3 fully saturated rings. The molecule has 3 aliphatic rings. The van der Waals surface area contributed by atoms with Crippen LogP contribution >= 0.6 is 0 Å². The van der Waals surface area contributed by atoms with E-state index in [0.29, 0.717) is 0 Å². The van der Waals surface area contributed by atoms with Gasteiger partial charge in [0.25, 0.3) is 0 Å². The number of ether oxygens (including phenoxy) is 1. The lowest BCUT2D eigenvalue weighted by molar-refractivity contribution is -0.134. The lowest BCUT2D eigenvalue weighted by atomic mass is 9.89. The van der Waals surface area contributed by atoms with Crippen molar-refractivity contribution in [2.45, 2.75) is 37.8 Å². The fraction of sp³-hybridized carbons (Fsp3) is 0.684. The molecule has 0 atom stereocenters. The molecule has 1 aromatic rings. The van der Waals surface area contributed by atoms with Crippen LogP contribution in [0.2, 0.25) is 0 Å². The van der Waals surface area contributed by atoms with Crippen LogP contribution < -0.4 is 0 Å². The first-order valence-corrected chi connectivity index (χ1v) is 9.54. The largest absolute Gasteiger partial charge is 0.372 e. The van der Waals surface area contributed by atoms with Crippen LogP contribution in [0, 0.1) is 0 Å². The molecule has 4 heterocycles. The molecule has 0 aliphatic carbocycles. The number of rotatable bonds is 2. The fourth-order valence-corrected chi connectivity index (χ4v) is 4.30. The van der Waals surface area contributed by atoms with Gasteiger partial charge in [-0.25, -0.2) is 4.79 Å². The second kappa shape index (κ2) is 7.30. The van der Waals surface area contributed by atoms with Gasteiger partial charge in [-0.1, -0.05) is 6.07 Å². The summed E-state index contributed by atoms with van der Waals surface area (Å²) < 4.78 is 6.21. The lowest BCUT2D eigenvalue weighted by Crippen LogP contribution is -2.58. The summed E-state index contributed by atoms with van der Waals surface area (Å²) in [6, 6.07) is 6.31. The highest BCUT2D eigenvalue weighted by atomic mass is 16.5. The molecule has 25 heavy (non-hydrogen) atoms. The Bertz CT molecular complexity index is 580. The molecule has 0 N–H and O–H groups in total. The summed E-state index contributed by atoms with van der Waals surface area (Å²) in [4.78, 5) is 23.5. The highest BCUT2D eigenvalue weighted by Crippen LogP contribution is 2.31. The van der Waals surface area contributed by atoms with E-state index in [2.05, 4.69) is 16.0 Å². The maximum absolute atomic E-state index is 12.6. The van der Waals surface area contributed by atoms with Crippen LogP contribution in [-0.2, 0) is 11.3 Å². The monoisotopic (exact) mass is 344 g/mol. The van der Waals surface area contributed by atoms with E-state index in [9.17, 15) is 4.79 Å². The zero-order valence-corrected chi connectivity index (χ0v) is 14.9. The number of hydrogen-bond donors (Lipinski definition) is 0. The Labute approximate surface area is 149 Å². The Kier molecular flexibility index (Phi) is 4.90. The zero-order valence-electron chi connectivity index (χ0n) is 14.9. The Balaban J connectivity index is 1.33. The number of nitrogens with zero attached hydrogens (tertiary/aromatic N) is 4. The van der Waals surface area contributed by atoms with Gasteiger partial charge in [-0.3, -0.25) is 9.88 Å². The number of likely N-dealkylation sites (tertiary alicyclic amines) is 2. The minimum Gasteiger partial charge on any atom is -0.372 e. The van der Waals surface area contributed by atoms with Gasteiger partial charge in [-0.2, -0.15) is 0 Å². The summed E-state index contributed by atoms with van der Waals surface area (Å²) in [6.07, 6.45) is 6.02. The normalized spacial score (nSPS) is 24.0. The third-order valence-corrected chi connectivity index (χ3v) is 5.76. The first-order chi connectivity index (χ1) is 12.2. The van der Waals surface area contributed by atoms with Crippen molar-refractivity contribution in [3.05, 3.63) is 30.1 Å². The summed E-state index contributed by atoms with van der Waals surface area (Å²) in [6.45, 7) is 7.02. The molecule has 0 radical (unpaired) electrons. The maximum atomic E-state index is 12.6. The lowest BCUT2D eigenvalue weighted by Gasteiger charge is -2.47. The topological polar surface area (TPSA) is 48.9 Å². The van der Waals surface area contributed by atoms with E-state index >= 15 is 0 Å². The van der Waals surface area contributed by atoms with E-state index in [1.165, 1.54) is 0 Å². The van der Waals surface area contributed by atoms with E-state index in [1.54, 1.807) is 0 Å². The van der Waals surface area contributed by atoms with Crippen LogP contribution in [0.25, 0.3) is 0 Å². The van der Waals surface area contributed by atoms with Gasteiger partial charge in [0.15, 0.2) is 0 Å². The van der Waals surface area contributed by atoms with E-state index in [1.807, 2.05) is 28.1 Å². The van der Waals surface area contributed by atoms with Crippen molar-refractivity contribution in [2.24, 2.45) is 0 Å². The number of aromatic nitrogens is 1. The molecule has 4 rings (SSSR count). The second-order valence-corrected chi connectivity index (χ2v) is 7.53.